The van der Waals surface area contributed by atoms with Gasteiger partial charge in [0.2, 0.25) is 0 Å². The van der Waals surface area contributed by atoms with Crippen LogP contribution in [0.3, 0.4) is 0 Å². The van der Waals surface area contributed by atoms with Gasteiger partial charge in [-0.2, -0.15) is 0 Å². The molecule has 2 bridgehead atoms. The number of hydrogen-bond acceptors (Lipinski definition) is 3. The zero-order valence-corrected chi connectivity index (χ0v) is 12.8. The number of benzene rings is 1. The lowest BCUT2D eigenvalue weighted by molar-refractivity contribution is 0.0226. The summed E-state index contributed by atoms with van der Waals surface area (Å²) in [5.74, 6) is 1.07. The van der Waals surface area contributed by atoms with E-state index in [1.165, 1.54) is 6.42 Å². The summed E-state index contributed by atoms with van der Waals surface area (Å²) >= 11 is 0. The lowest BCUT2D eigenvalue weighted by Gasteiger charge is -2.49. The normalized spacial score (nSPS) is 27.2. The second kappa shape index (κ2) is 5.68. The molecule has 0 aliphatic carbocycles. The molecule has 2 fully saturated rings. The molecule has 0 aromatic heterocycles. The van der Waals surface area contributed by atoms with Crippen LogP contribution >= 0.6 is 0 Å². The highest BCUT2D eigenvalue weighted by Gasteiger charge is 2.42. The first-order chi connectivity index (χ1) is 10.0. The van der Waals surface area contributed by atoms with Crippen LogP contribution in [0.2, 0.25) is 0 Å². The van der Waals surface area contributed by atoms with Crippen molar-refractivity contribution in [2.75, 3.05) is 19.6 Å². The van der Waals surface area contributed by atoms with E-state index >= 15 is 0 Å². The Morgan fingerprint density at radius 2 is 2.10 bits per heavy atom. The Bertz CT molecular complexity index is 501. The molecule has 2 saturated heterocycles. The van der Waals surface area contributed by atoms with Crippen molar-refractivity contribution in [1.82, 2.24) is 10.2 Å². The van der Waals surface area contributed by atoms with Crippen LogP contribution < -0.4 is 5.32 Å². The van der Waals surface area contributed by atoms with Crippen molar-refractivity contribution in [3.63, 3.8) is 0 Å². The largest absolute Gasteiger partial charge is 0.445 e. The summed E-state index contributed by atoms with van der Waals surface area (Å²) < 4.78 is 5.47. The number of carbonyl (C=O) groups excluding carboxylic acids is 1. The van der Waals surface area contributed by atoms with Gasteiger partial charge in [0.05, 0.1) is 0 Å². The SMILES string of the molecule is CC1(C)NCC2CC1CN(C(=O)OCc1ccccc1)C2. The highest BCUT2D eigenvalue weighted by atomic mass is 16.6. The van der Waals surface area contributed by atoms with Crippen LogP contribution in [0, 0.1) is 11.8 Å². The van der Waals surface area contributed by atoms with E-state index in [4.69, 9.17) is 4.74 Å². The van der Waals surface area contributed by atoms with Gasteiger partial charge in [-0.3, -0.25) is 0 Å². The molecule has 1 aromatic rings. The number of nitrogens with one attached hydrogen (secondary N) is 1. The Morgan fingerprint density at radius 1 is 1.33 bits per heavy atom. The molecule has 0 spiro atoms. The lowest BCUT2D eigenvalue weighted by atomic mass is 9.74. The fourth-order valence-corrected chi connectivity index (χ4v) is 3.39. The number of rotatable bonds is 2. The summed E-state index contributed by atoms with van der Waals surface area (Å²) in [4.78, 5) is 14.2. The Labute approximate surface area is 126 Å². The maximum absolute atomic E-state index is 12.3. The molecular weight excluding hydrogens is 264 g/mol. The summed E-state index contributed by atoms with van der Waals surface area (Å²) in [5, 5.41) is 3.60. The summed E-state index contributed by atoms with van der Waals surface area (Å²) in [5.41, 5.74) is 1.14. The molecule has 3 rings (SSSR count). The molecule has 2 atom stereocenters. The van der Waals surface area contributed by atoms with Crippen LogP contribution in [0.25, 0.3) is 0 Å². The van der Waals surface area contributed by atoms with Gasteiger partial charge in [-0.25, -0.2) is 4.79 Å². The van der Waals surface area contributed by atoms with Gasteiger partial charge in [-0.05, 0) is 37.7 Å². The van der Waals surface area contributed by atoms with E-state index in [2.05, 4.69) is 19.2 Å². The van der Waals surface area contributed by atoms with E-state index < -0.39 is 0 Å². The minimum absolute atomic E-state index is 0.106. The number of piperidine rings is 2. The third kappa shape index (κ3) is 3.21. The molecule has 2 unspecified atom stereocenters. The highest BCUT2D eigenvalue weighted by Crippen LogP contribution is 2.34. The molecule has 1 N–H and O–H groups in total. The number of nitrogens with zero attached hydrogens (tertiary/aromatic N) is 1. The van der Waals surface area contributed by atoms with Gasteiger partial charge in [-0.15, -0.1) is 0 Å². The average Bonchev–Trinajstić information content (AvgIpc) is 2.50. The zero-order valence-electron chi connectivity index (χ0n) is 12.8. The molecule has 0 saturated carbocycles. The fourth-order valence-electron chi connectivity index (χ4n) is 3.39. The van der Waals surface area contributed by atoms with Crippen molar-refractivity contribution >= 4 is 6.09 Å². The van der Waals surface area contributed by atoms with E-state index in [1.54, 1.807) is 0 Å². The van der Waals surface area contributed by atoms with Gasteiger partial charge in [-0.1, -0.05) is 30.3 Å². The predicted octanol–water partition coefficient (Wildman–Crippen LogP) is 2.64. The Morgan fingerprint density at radius 3 is 2.86 bits per heavy atom. The maximum Gasteiger partial charge on any atom is 0.410 e. The lowest BCUT2D eigenvalue weighted by Crippen LogP contribution is -2.62. The quantitative estimate of drug-likeness (QED) is 0.909. The van der Waals surface area contributed by atoms with Crippen molar-refractivity contribution in [1.29, 1.82) is 0 Å². The van der Waals surface area contributed by atoms with Gasteiger partial charge < -0.3 is 15.0 Å². The van der Waals surface area contributed by atoms with Crippen molar-refractivity contribution in [3.05, 3.63) is 35.9 Å². The summed E-state index contributed by atoms with van der Waals surface area (Å²) in [6.45, 7) is 7.41. The third-order valence-corrected chi connectivity index (χ3v) is 4.87. The van der Waals surface area contributed by atoms with E-state index in [-0.39, 0.29) is 11.6 Å². The van der Waals surface area contributed by atoms with Gasteiger partial charge in [0.1, 0.15) is 6.61 Å². The first-order valence-corrected chi connectivity index (χ1v) is 7.75. The number of carbonyl (C=O) groups is 1. The molecule has 1 aromatic carbocycles. The van der Waals surface area contributed by atoms with Crippen LogP contribution in [0.15, 0.2) is 30.3 Å². The first kappa shape index (κ1) is 14.4. The number of ether oxygens (including phenoxy) is 1. The van der Waals surface area contributed by atoms with E-state index in [0.717, 1.165) is 25.2 Å². The minimum atomic E-state index is -0.175. The Balaban J connectivity index is 1.58. The molecule has 4 heteroatoms. The van der Waals surface area contributed by atoms with Gasteiger partial charge in [0.25, 0.3) is 0 Å². The number of amides is 1. The molecule has 4 nitrogen and oxygen atoms in total. The van der Waals surface area contributed by atoms with Crippen LogP contribution in [-0.2, 0) is 11.3 Å². The average molecular weight is 288 g/mol. The summed E-state index contributed by atoms with van der Waals surface area (Å²) in [7, 11) is 0. The fraction of sp³-hybridized carbons (Fsp3) is 0.588. The van der Waals surface area contributed by atoms with Crippen LogP contribution in [0.4, 0.5) is 4.79 Å². The maximum atomic E-state index is 12.3. The standard InChI is InChI=1S/C17H24N2O2/c1-17(2)15-8-14(9-18-17)10-19(11-15)16(20)21-12-13-6-4-3-5-7-13/h3-7,14-15,18H,8-12H2,1-2H3. The Kier molecular flexibility index (Phi) is 3.89. The minimum Gasteiger partial charge on any atom is -0.445 e. The zero-order chi connectivity index (χ0) is 14.9. The van der Waals surface area contributed by atoms with Gasteiger partial charge in [0.15, 0.2) is 0 Å². The monoisotopic (exact) mass is 288 g/mol. The third-order valence-electron chi connectivity index (χ3n) is 4.87. The molecule has 1 amide bonds. The van der Waals surface area contributed by atoms with Crippen LogP contribution in [-0.4, -0.2) is 36.2 Å². The molecule has 2 aliphatic rings. The smallest absolute Gasteiger partial charge is 0.410 e. The summed E-state index contributed by atoms with van der Waals surface area (Å²) in [6, 6.07) is 9.84. The number of hydrogen-bond donors (Lipinski definition) is 1. The number of likely N-dealkylation sites (tertiary alicyclic amines) is 1. The Hall–Kier alpha value is -1.55. The second-order valence-electron chi connectivity index (χ2n) is 6.85. The van der Waals surface area contributed by atoms with E-state index in [1.807, 2.05) is 35.2 Å². The van der Waals surface area contributed by atoms with E-state index in [9.17, 15) is 4.79 Å². The van der Waals surface area contributed by atoms with E-state index in [0.29, 0.717) is 18.4 Å². The summed E-state index contributed by atoms with van der Waals surface area (Å²) in [6.07, 6.45) is 1.04. The molecule has 0 radical (unpaired) electrons. The number of fused-ring (bicyclic) bond motifs is 2. The molecule has 2 heterocycles. The molecule has 2 aliphatic heterocycles. The van der Waals surface area contributed by atoms with Crippen molar-refractivity contribution in [2.24, 2.45) is 11.8 Å². The van der Waals surface area contributed by atoms with Crippen molar-refractivity contribution < 1.29 is 9.53 Å². The molecular formula is C17H24N2O2. The van der Waals surface area contributed by atoms with Crippen molar-refractivity contribution in [2.45, 2.75) is 32.4 Å². The second-order valence-corrected chi connectivity index (χ2v) is 6.85. The van der Waals surface area contributed by atoms with Crippen molar-refractivity contribution in [3.8, 4) is 0 Å². The first-order valence-electron chi connectivity index (χ1n) is 7.75. The molecule has 21 heavy (non-hydrogen) atoms. The van der Waals surface area contributed by atoms with Crippen LogP contribution in [0.5, 0.6) is 0 Å². The molecule has 114 valence electrons. The van der Waals surface area contributed by atoms with Gasteiger partial charge in [0, 0.05) is 25.2 Å². The van der Waals surface area contributed by atoms with Crippen LogP contribution in [0.1, 0.15) is 25.8 Å². The van der Waals surface area contributed by atoms with Gasteiger partial charge >= 0.3 is 6.09 Å². The topological polar surface area (TPSA) is 41.6 Å². The predicted molar refractivity (Wildman–Crippen MR) is 81.9 cm³/mol. The highest BCUT2D eigenvalue weighted by molar-refractivity contribution is 5.67.